The summed E-state index contributed by atoms with van der Waals surface area (Å²) in [6, 6.07) is 78.5. The first-order valence-electron chi connectivity index (χ1n) is 20.8. The summed E-state index contributed by atoms with van der Waals surface area (Å²) in [5.41, 5.74) is 16.9. The molecule has 0 unspecified atom stereocenters. The first-order chi connectivity index (χ1) is 30.2. The standard InChI is InChI=1S/C58H37N3/c1-2-13-47(14-3-1)61-55-20-9-8-17-50(55)51-34-33-46(36-56(51)61)42-27-23-39(24-28-42)38-21-25-40(26-22-38)44-11-10-12-45(35-44)41-29-31-43(32-30-41)54-37-59-57-52-18-6-4-15-48(52)49-16-5-7-19-53(49)58(57)60-54/h1-37H. The normalized spacial score (nSPS) is 11.6. The van der Waals surface area contributed by atoms with Crippen LogP contribution in [0.3, 0.4) is 0 Å². The van der Waals surface area contributed by atoms with Crippen molar-refractivity contribution in [2.24, 2.45) is 0 Å². The predicted octanol–water partition coefficient (Wildman–Crippen LogP) is 15.4. The van der Waals surface area contributed by atoms with Crippen LogP contribution in [0.25, 0.3) is 116 Å². The van der Waals surface area contributed by atoms with Crippen LogP contribution >= 0.6 is 0 Å². The third-order valence-corrected chi connectivity index (χ3v) is 12.3. The molecule has 0 fully saturated rings. The van der Waals surface area contributed by atoms with Crippen LogP contribution in [0.2, 0.25) is 0 Å². The minimum atomic E-state index is 0.868. The van der Waals surface area contributed by atoms with Crippen LogP contribution in [0, 0.1) is 0 Å². The SMILES string of the molecule is c1ccc(-n2c3ccccc3c3ccc(-c4ccc(-c5ccc(-c6cccc(-c7ccc(-c8cnc9c%10ccccc%10c%10ccccc%10c9n8)cc7)c6)cc5)cc4)cc32)cc1. The predicted molar refractivity (Wildman–Crippen MR) is 256 cm³/mol. The number of rotatable bonds is 6. The molecule has 0 saturated heterocycles. The van der Waals surface area contributed by atoms with Gasteiger partial charge in [0.15, 0.2) is 0 Å². The molecule has 0 radical (unpaired) electrons. The Labute approximate surface area is 353 Å². The molecule has 0 amide bonds. The van der Waals surface area contributed by atoms with Gasteiger partial charge in [-0.15, -0.1) is 0 Å². The van der Waals surface area contributed by atoms with Crippen molar-refractivity contribution in [3.63, 3.8) is 0 Å². The van der Waals surface area contributed by atoms with Gasteiger partial charge in [-0.2, -0.15) is 0 Å². The summed E-state index contributed by atoms with van der Waals surface area (Å²) in [5.74, 6) is 0. The Morgan fingerprint density at radius 2 is 0.721 bits per heavy atom. The fraction of sp³-hybridized carbons (Fsp3) is 0. The third-order valence-electron chi connectivity index (χ3n) is 12.3. The van der Waals surface area contributed by atoms with Crippen molar-refractivity contribution in [3.8, 4) is 61.5 Å². The highest BCUT2D eigenvalue weighted by Crippen LogP contribution is 2.37. The third kappa shape index (κ3) is 5.98. The van der Waals surface area contributed by atoms with Crippen LogP contribution in [-0.4, -0.2) is 14.5 Å². The maximum atomic E-state index is 5.19. The maximum Gasteiger partial charge on any atom is 0.0979 e. The summed E-state index contributed by atoms with van der Waals surface area (Å²) in [6.45, 7) is 0. The molecule has 3 nitrogen and oxygen atoms in total. The van der Waals surface area contributed by atoms with E-state index in [9.17, 15) is 0 Å². The molecule has 0 atom stereocenters. The van der Waals surface area contributed by atoms with Crippen molar-refractivity contribution >= 4 is 54.4 Å². The molecule has 0 N–H and O–H groups in total. The van der Waals surface area contributed by atoms with Gasteiger partial charge in [-0.3, -0.25) is 4.98 Å². The van der Waals surface area contributed by atoms with E-state index in [0.717, 1.165) is 38.6 Å². The second-order valence-corrected chi connectivity index (χ2v) is 15.8. The van der Waals surface area contributed by atoms with Gasteiger partial charge in [-0.25, -0.2) is 4.98 Å². The lowest BCUT2D eigenvalue weighted by atomic mass is 9.96. The average Bonchev–Trinajstić information content (AvgIpc) is 3.68. The minimum absolute atomic E-state index is 0.868. The number of aromatic nitrogens is 3. The molecule has 0 aliphatic heterocycles. The van der Waals surface area contributed by atoms with E-state index >= 15 is 0 Å². The highest BCUT2D eigenvalue weighted by atomic mass is 15.0. The second kappa shape index (κ2) is 14.3. The first kappa shape index (κ1) is 34.9. The molecule has 0 bridgehead atoms. The molecule has 10 aromatic carbocycles. The maximum absolute atomic E-state index is 5.19. The molecule has 61 heavy (non-hydrogen) atoms. The largest absolute Gasteiger partial charge is 0.309 e. The fourth-order valence-corrected chi connectivity index (χ4v) is 9.19. The molecule has 0 spiro atoms. The Balaban J connectivity index is 0.797. The quantitative estimate of drug-likeness (QED) is 0.158. The summed E-state index contributed by atoms with van der Waals surface area (Å²) >= 11 is 0. The lowest BCUT2D eigenvalue weighted by molar-refractivity contribution is 1.18. The number of nitrogens with zero attached hydrogens (tertiary/aromatic N) is 3. The summed E-state index contributed by atoms with van der Waals surface area (Å²) in [7, 11) is 0. The Kier molecular flexibility index (Phi) is 8.17. The van der Waals surface area contributed by atoms with Crippen molar-refractivity contribution in [1.29, 1.82) is 0 Å². The lowest BCUT2D eigenvalue weighted by Gasteiger charge is -2.11. The van der Waals surface area contributed by atoms with Gasteiger partial charge in [0.25, 0.3) is 0 Å². The number of para-hydroxylation sites is 2. The zero-order chi connectivity index (χ0) is 40.3. The molecule has 2 heterocycles. The highest BCUT2D eigenvalue weighted by molar-refractivity contribution is 6.23. The zero-order valence-corrected chi connectivity index (χ0v) is 33.2. The second-order valence-electron chi connectivity index (χ2n) is 15.8. The molecular weight excluding hydrogens is 739 g/mol. The Bertz CT molecular complexity index is 3570. The van der Waals surface area contributed by atoms with Gasteiger partial charge in [-0.1, -0.05) is 188 Å². The molecule has 0 aliphatic rings. The summed E-state index contributed by atoms with van der Waals surface area (Å²) in [6.07, 6.45) is 1.91. The molecule has 2 aromatic heterocycles. The van der Waals surface area contributed by atoms with E-state index in [1.165, 1.54) is 77.2 Å². The van der Waals surface area contributed by atoms with E-state index in [1.807, 2.05) is 6.20 Å². The lowest BCUT2D eigenvalue weighted by Crippen LogP contribution is -1.93. The van der Waals surface area contributed by atoms with E-state index < -0.39 is 0 Å². The Hall–Kier alpha value is -8.14. The van der Waals surface area contributed by atoms with Gasteiger partial charge in [0.05, 0.1) is 34.0 Å². The summed E-state index contributed by atoms with van der Waals surface area (Å²) in [5, 5.41) is 7.19. The number of hydrogen-bond acceptors (Lipinski definition) is 2. The smallest absolute Gasteiger partial charge is 0.0979 e. The molecule has 0 saturated carbocycles. The van der Waals surface area contributed by atoms with E-state index in [4.69, 9.17) is 9.97 Å². The zero-order valence-electron chi connectivity index (χ0n) is 33.2. The molecule has 12 rings (SSSR count). The van der Waals surface area contributed by atoms with Crippen molar-refractivity contribution in [2.75, 3.05) is 0 Å². The van der Waals surface area contributed by atoms with Crippen LogP contribution in [-0.2, 0) is 0 Å². The van der Waals surface area contributed by atoms with E-state index in [-0.39, 0.29) is 0 Å². The van der Waals surface area contributed by atoms with Gasteiger partial charge in [0.1, 0.15) is 0 Å². The molecule has 0 aliphatic carbocycles. The molecule has 3 heteroatoms. The van der Waals surface area contributed by atoms with Gasteiger partial charge in [-0.05, 0) is 85.6 Å². The fourth-order valence-electron chi connectivity index (χ4n) is 9.19. The van der Waals surface area contributed by atoms with Crippen LogP contribution in [0.4, 0.5) is 0 Å². The van der Waals surface area contributed by atoms with Crippen molar-refractivity contribution < 1.29 is 0 Å². The minimum Gasteiger partial charge on any atom is -0.309 e. The summed E-state index contributed by atoms with van der Waals surface area (Å²) < 4.78 is 2.38. The van der Waals surface area contributed by atoms with Crippen LogP contribution < -0.4 is 0 Å². The van der Waals surface area contributed by atoms with Gasteiger partial charge >= 0.3 is 0 Å². The number of fused-ring (bicyclic) bond motifs is 9. The van der Waals surface area contributed by atoms with Crippen molar-refractivity contribution in [3.05, 3.63) is 225 Å². The molecule has 284 valence electrons. The first-order valence-corrected chi connectivity index (χ1v) is 20.8. The van der Waals surface area contributed by atoms with E-state index in [0.29, 0.717) is 0 Å². The van der Waals surface area contributed by atoms with Crippen molar-refractivity contribution in [1.82, 2.24) is 14.5 Å². The van der Waals surface area contributed by atoms with E-state index in [2.05, 4.69) is 223 Å². The van der Waals surface area contributed by atoms with Gasteiger partial charge in [0.2, 0.25) is 0 Å². The van der Waals surface area contributed by atoms with Gasteiger partial charge < -0.3 is 4.57 Å². The Morgan fingerprint density at radius 3 is 1.33 bits per heavy atom. The highest BCUT2D eigenvalue weighted by Gasteiger charge is 2.15. The molecular formula is C58H37N3. The summed E-state index contributed by atoms with van der Waals surface area (Å²) in [4.78, 5) is 10.2. The molecule has 12 aromatic rings. The van der Waals surface area contributed by atoms with Gasteiger partial charge in [0, 0.05) is 32.8 Å². The Morgan fingerprint density at radius 1 is 0.279 bits per heavy atom. The topological polar surface area (TPSA) is 30.7 Å². The van der Waals surface area contributed by atoms with E-state index in [1.54, 1.807) is 0 Å². The number of hydrogen-bond donors (Lipinski definition) is 0. The monoisotopic (exact) mass is 775 g/mol. The van der Waals surface area contributed by atoms with Crippen LogP contribution in [0.15, 0.2) is 225 Å². The average molecular weight is 776 g/mol. The van der Waals surface area contributed by atoms with Crippen LogP contribution in [0.1, 0.15) is 0 Å². The number of benzene rings is 10. The van der Waals surface area contributed by atoms with Crippen molar-refractivity contribution in [2.45, 2.75) is 0 Å². The van der Waals surface area contributed by atoms with Crippen LogP contribution in [0.5, 0.6) is 0 Å².